The molecule has 1 saturated heterocycles. The number of ether oxygens (including phenoxy) is 1. The Bertz CT molecular complexity index is 1030. The first-order valence-electron chi connectivity index (χ1n) is 9.95. The minimum absolute atomic E-state index is 0.00612. The Kier molecular flexibility index (Phi) is 6.69. The summed E-state index contributed by atoms with van der Waals surface area (Å²) in [5, 5.41) is 3.83. The van der Waals surface area contributed by atoms with Gasteiger partial charge in [0.15, 0.2) is 6.61 Å². The van der Waals surface area contributed by atoms with E-state index in [9.17, 15) is 19.2 Å². The second-order valence-electron chi connectivity index (χ2n) is 7.62. The Balaban J connectivity index is 1.50. The molecule has 8 nitrogen and oxygen atoms in total. The van der Waals surface area contributed by atoms with Gasteiger partial charge < -0.3 is 10.1 Å². The largest absolute Gasteiger partial charge is 0.455 e. The zero-order valence-corrected chi connectivity index (χ0v) is 17.7. The third-order valence-corrected chi connectivity index (χ3v) is 5.20. The van der Waals surface area contributed by atoms with Gasteiger partial charge in [0, 0.05) is 17.7 Å². The van der Waals surface area contributed by atoms with E-state index in [0.717, 1.165) is 21.7 Å². The molecule has 8 heteroatoms. The van der Waals surface area contributed by atoms with Crippen LogP contribution in [0.4, 0.5) is 5.69 Å². The van der Waals surface area contributed by atoms with Crippen molar-refractivity contribution >= 4 is 29.4 Å². The minimum Gasteiger partial charge on any atom is -0.455 e. The van der Waals surface area contributed by atoms with E-state index in [1.54, 1.807) is 24.3 Å². The molecule has 2 N–H and O–H groups in total. The summed E-state index contributed by atoms with van der Waals surface area (Å²) in [4.78, 5) is 49.0. The van der Waals surface area contributed by atoms with E-state index < -0.39 is 30.3 Å². The summed E-state index contributed by atoms with van der Waals surface area (Å²) in [6.07, 6.45) is -0.0917. The Labute approximate surface area is 180 Å². The molecule has 2 aromatic carbocycles. The minimum atomic E-state index is -0.751. The highest BCUT2D eigenvalue weighted by atomic mass is 16.5. The highest BCUT2D eigenvalue weighted by Crippen LogP contribution is 2.19. The Morgan fingerprint density at radius 3 is 2.58 bits per heavy atom. The third-order valence-electron chi connectivity index (χ3n) is 5.20. The van der Waals surface area contributed by atoms with E-state index in [4.69, 9.17) is 4.74 Å². The molecule has 1 aliphatic rings. The van der Waals surface area contributed by atoms with Crippen LogP contribution in [0.3, 0.4) is 0 Å². The lowest BCUT2D eigenvalue weighted by molar-refractivity contribution is -0.151. The van der Waals surface area contributed by atoms with Gasteiger partial charge in [-0.2, -0.15) is 0 Å². The van der Waals surface area contributed by atoms with Crippen LogP contribution in [0.1, 0.15) is 33.5 Å². The highest BCUT2D eigenvalue weighted by Gasteiger charge is 2.36. The molecule has 31 heavy (non-hydrogen) atoms. The van der Waals surface area contributed by atoms with E-state index in [-0.39, 0.29) is 18.9 Å². The Morgan fingerprint density at radius 1 is 1.10 bits per heavy atom. The fourth-order valence-electron chi connectivity index (χ4n) is 3.27. The molecule has 162 valence electrons. The zero-order valence-electron chi connectivity index (χ0n) is 17.7. The van der Waals surface area contributed by atoms with Crippen LogP contribution in [0.5, 0.6) is 0 Å². The molecule has 0 aromatic heterocycles. The summed E-state index contributed by atoms with van der Waals surface area (Å²) >= 11 is 0. The fourth-order valence-corrected chi connectivity index (χ4v) is 3.27. The van der Waals surface area contributed by atoms with Crippen molar-refractivity contribution in [3.05, 3.63) is 64.7 Å². The lowest BCUT2D eigenvalue weighted by Crippen LogP contribution is -2.43. The number of carbonyl (C=O) groups excluding carboxylic acids is 4. The molecule has 1 fully saturated rings. The van der Waals surface area contributed by atoms with Crippen molar-refractivity contribution in [3.63, 3.8) is 0 Å². The molecular formula is C23H25N3O5. The molecule has 0 aliphatic carbocycles. The van der Waals surface area contributed by atoms with Gasteiger partial charge in [0.05, 0.1) is 12.5 Å². The van der Waals surface area contributed by atoms with Crippen molar-refractivity contribution in [2.45, 2.75) is 27.2 Å². The van der Waals surface area contributed by atoms with Crippen LogP contribution >= 0.6 is 0 Å². The number of amides is 3. The predicted molar refractivity (Wildman–Crippen MR) is 114 cm³/mol. The molecule has 3 amide bonds. The second kappa shape index (κ2) is 9.42. The van der Waals surface area contributed by atoms with Gasteiger partial charge in [0.1, 0.15) is 0 Å². The van der Waals surface area contributed by atoms with Gasteiger partial charge in [-0.15, -0.1) is 0 Å². The molecule has 1 heterocycles. The third kappa shape index (κ3) is 5.48. The van der Waals surface area contributed by atoms with E-state index in [2.05, 4.69) is 10.7 Å². The SMILES string of the molecule is Cc1cccc(C(=O)NN2C[C@@H](C(=O)OCC(=O)Nc3cccc(C)c3C)CC2=O)c1. The lowest BCUT2D eigenvalue weighted by atomic mass is 10.1. The number of hydrazine groups is 1. The Hall–Kier alpha value is -3.68. The van der Waals surface area contributed by atoms with Crippen LogP contribution in [-0.4, -0.2) is 41.9 Å². The molecular weight excluding hydrogens is 398 g/mol. The molecule has 1 aliphatic heterocycles. The summed E-state index contributed by atoms with van der Waals surface area (Å²) < 4.78 is 5.09. The first-order valence-corrected chi connectivity index (χ1v) is 9.95. The summed E-state index contributed by atoms with van der Waals surface area (Å²) in [5.74, 6) is -2.69. The quantitative estimate of drug-likeness (QED) is 0.694. The number of carbonyl (C=O) groups is 4. The summed E-state index contributed by atoms with van der Waals surface area (Å²) in [6.45, 7) is 5.23. The summed E-state index contributed by atoms with van der Waals surface area (Å²) in [5.41, 5.74) is 6.48. The number of hydrogen-bond acceptors (Lipinski definition) is 5. The first-order chi connectivity index (χ1) is 14.7. The average molecular weight is 423 g/mol. The van der Waals surface area contributed by atoms with Gasteiger partial charge in [-0.3, -0.25) is 29.6 Å². The molecule has 0 unspecified atom stereocenters. The number of benzene rings is 2. The van der Waals surface area contributed by atoms with Crippen molar-refractivity contribution in [2.24, 2.45) is 5.92 Å². The molecule has 1 atom stereocenters. The number of nitrogens with zero attached hydrogens (tertiary/aromatic N) is 1. The molecule has 0 radical (unpaired) electrons. The second-order valence-corrected chi connectivity index (χ2v) is 7.62. The van der Waals surface area contributed by atoms with E-state index in [0.29, 0.717) is 11.3 Å². The van der Waals surface area contributed by atoms with Gasteiger partial charge in [0.2, 0.25) is 5.91 Å². The van der Waals surface area contributed by atoms with Crippen molar-refractivity contribution in [1.29, 1.82) is 0 Å². The number of esters is 1. The number of hydrogen-bond donors (Lipinski definition) is 2. The van der Waals surface area contributed by atoms with E-state index in [1.807, 2.05) is 39.0 Å². The maximum Gasteiger partial charge on any atom is 0.311 e. The number of aryl methyl sites for hydroxylation is 2. The van der Waals surface area contributed by atoms with Gasteiger partial charge in [-0.1, -0.05) is 29.8 Å². The van der Waals surface area contributed by atoms with Crippen LogP contribution < -0.4 is 10.7 Å². The number of rotatable bonds is 6. The number of anilines is 1. The van der Waals surface area contributed by atoms with Gasteiger partial charge >= 0.3 is 5.97 Å². The van der Waals surface area contributed by atoms with Crippen molar-refractivity contribution < 1.29 is 23.9 Å². The predicted octanol–water partition coefficient (Wildman–Crippen LogP) is 2.29. The molecule has 0 spiro atoms. The highest BCUT2D eigenvalue weighted by molar-refractivity contribution is 5.97. The molecule has 3 rings (SSSR count). The van der Waals surface area contributed by atoms with Crippen molar-refractivity contribution in [2.75, 3.05) is 18.5 Å². The van der Waals surface area contributed by atoms with E-state index >= 15 is 0 Å². The maximum atomic E-state index is 12.3. The standard InChI is InChI=1S/C23H25N3O5/c1-14-6-4-8-17(10-14)22(29)25-26-12-18(11-21(26)28)23(30)31-13-20(27)24-19-9-5-7-15(2)16(19)3/h4-10,18H,11-13H2,1-3H3,(H,24,27)(H,25,29)/t18-/m0/s1. The lowest BCUT2D eigenvalue weighted by Gasteiger charge is -2.17. The van der Waals surface area contributed by atoms with Crippen LogP contribution in [-0.2, 0) is 19.1 Å². The normalized spacial score (nSPS) is 15.5. The summed E-state index contributed by atoms with van der Waals surface area (Å²) in [6, 6.07) is 12.5. The summed E-state index contributed by atoms with van der Waals surface area (Å²) in [7, 11) is 0. The van der Waals surface area contributed by atoms with Gasteiger partial charge in [-0.05, 0) is 50.1 Å². The Morgan fingerprint density at radius 2 is 1.84 bits per heavy atom. The average Bonchev–Trinajstić information content (AvgIpc) is 3.10. The molecule has 0 saturated carbocycles. The topological polar surface area (TPSA) is 105 Å². The smallest absolute Gasteiger partial charge is 0.311 e. The van der Waals surface area contributed by atoms with Crippen LogP contribution in [0, 0.1) is 26.7 Å². The first kappa shape index (κ1) is 22.0. The van der Waals surface area contributed by atoms with Crippen LogP contribution in [0.2, 0.25) is 0 Å². The van der Waals surface area contributed by atoms with Crippen LogP contribution in [0.25, 0.3) is 0 Å². The van der Waals surface area contributed by atoms with Crippen molar-refractivity contribution in [3.8, 4) is 0 Å². The zero-order chi connectivity index (χ0) is 22.5. The van der Waals surface area contributed by atoms with Crippen LogP contribution in [0.15, 0.2) is 42.5 Å². The fraction of sp³-hybridized carbons (Fsp3) is 0.304. The van der Waals surface area contributed by atoms with Crippen molar-refractivity contribution in [1.82, 2.24) is 10.4 Å². The van der Waals surface area contributed by atoms with Gasteiger partial charge in [0.25, 0.3) is 11.8 Å². The van der Waals surface area contributed by atoms with E-state index in [1.165, 1.54) is 0 Å². The van der Waals surface area contributed by atoms with Gasteiger partial charge in [-0.25, -0.2) is 0 Å². The molecule has 2 aromatic rings. The molecule has 0 bridgehead atoms. The maximum absolute atomic E-state index is 12.3. The number of nitrogens with one attached hydrogen (secondary N) is 2. The monoisotopic (exact) mass is 423 g/mol.